The van der Waals surface area contributed by atoms with E-state index in [2.05, 4.69) is 9.97 Å². The van der Waals surface area contributed by atoms with Gasteiger partial charge in [-0.3, -0.25) is 9.78 Å². The Bertz CT molecular complexity index is 1420. The molecule has 5 nitrogen and oxygen atoms in total. The van der Waals surface area contributed by atoms with Crippen molar-refractivity contribution in [3.63, 3.8) is 0 Å². The highest BCUT2D eigenvalue weighted by molar-refractivity contribution is 7.17. The van der Waals surface area contributed by atoms with Crippen molar-refractivity contribution in [2.24, 2.45) is 0 Å². The molecule has 5 rings (SSSR count). The Labute approximate surface area is 175 Å². The summed E-state index contributed by atoms with van der Waals surface area (Å²) in [5.41, 5.74) is 3.80. The van der Waals surface area contributed by atoms with Crippen LogP contribution in [0.3, 0.4) is 0 Å². The smallest absolute Gasteiger partial charge is 0.260 e. The number of fused-ring (bicyclic) bond motifs is 1. The third-order valence-electron chi connectivity index (χ3n) is 5.08. The first kappa shape index (κ1) is 18.1. The van der Waals surface area contributed by atoms with Crippen LogP contribution >= 0.6 is 11.3 Å². The summed E-state index contributed by atoms with van der Waals surface area (Å²) in [6, 6.07) is 18.4. The SMILES string of the molecule is O=c1[nH]c2scc(-c3ccc(-c4ccccc4O)cc3)c2c(O)c1-c1cccnc1. The summed E-state index contributed by atoms with van der Waals surface area (Å²) >= 11 is 1.37. The minimum absolute atomic E-state index is 0.0530. The zero-order chi connectivity index (χ0) is 20.7. The van der Waals surface area contributed by atoms with Crippen LogP contribution in [0, 0.1) is 0 Å². The van der Waals surface area contributed by atoms with Gasteiger partial charge >= 0.3 is 0 Å². The Hall–Kier alpha value is -3.90. The molecule has 3 aromatic heterocycles. The molecule has 0 saturated carbocycles. The minimum atomic E-state index is -0.351. The second-order valence-corrected chi connectivity index (χ2v) is 7.75. The van der Waals surface area contributed by atoms with Crippen LogP contribution in [0.1, 0.15) is 0 Å². The molecule has 3 N–H and O–H groups in total. The maximum absolute atomic E-state index is 12.6. The summed E-state index contributed by atoms with van der Waals surface area (Å²) in [7, 11) is 0. The number of phenols is 1. The second-order valence-electron chi connectivity index (χ2n) is 6.87. The normalized spacial score (nSPS) is 11.1. The lowest BCUT2D eigenvalue weighted by molar-refractivity contribution is 0.477. The number of H-pyrrole nitrogens is 1. The van der Waals surface area contributed by atoms with Gasteiger partial charge in [-0.1, -0.05) is 48.5 Å². The maximum atomic E-state index is 12.6. The monoisotopic (exact) mass is 412 g/mol. The number of benzene rings is 2. The lowest BCUT2D eigenvalue weighted by atomic mass is 9.98. The van der Waals surface area contributed by atoms with E-state index in [1.165, 1.54) is 11.3 Å². The van der Waals surface area contributed by atoms with Crippen molar-refractivity contribution in [1.29, 1.82) is 0 Å². The van der Waals surface area contributed by atoms with Gasteiger partial charge in [0.15, 0.2) is 0 Å². The molecule has 0 atom stereocenters. The van der Waals surface area contributed by atoms with Crippen LogP contribution in [0.4, 0.5) is 0 Å². The summed E-state index contributed by atoms with van der Waals surface area (Å²) in [5, 5.41) is 23.6. The van der Waals surface area contributed by atoms with Gasteiger partial charge in [0, 0.05) is 34.5 Å². The number of rotatable bonds is 3. The van der Waals surface area contributed by atoms with E-state index in [0.29, 0.717) is 15.8 Å². The highest BCUT2D eigenvalue weighted by atomic mass is 32.1. The number of thiophene rings is 1. The molecule has 0 fully saturated rings. The van der Waals surface area contributed by atoms with E-state index in [1.807, 2.05) is 41.8 Å². The highest BCUT2D eigenvalue weighted by Gasteiger charge is 2.19. The van der Waals surface area contributed by atoms with Gasteiger partial charge in [-0.25, -0.2) is 0 Å². The Balaban J connectivity index is 1.65. The predicted molar refractivity (Wildman–Crippen MR) is 120 cm³/mol. The molecule has 30 heavy (non-hydrogen) atoms. The first-order valence-corrected chi connectivity index (χ1v) is 10.2. The Morgan fingerprint density at radius 1 is 0.833 bits per heavy atom. The molecule has 0 amide bonds. The molecule has 0 aliphatic heterocycles. The number of hydrogen-bond acceptors (Lipinski definition) is 5. The lowest BCUT2D eigenvalue weighted by Crippen LogP contribution is -2.08. The number of phenolic OH excluding ortho intramolecular Hbond substituents is 1. The third kappa shape index (κ3) is 2.94. The number of nitrogens with zero attached hydrogens (tertiary/aromatic N) is 1. The van der Waals surface area contributed by atoms with Crippen LogP contribution < -0.4 is 5.56 Å². The standard InChI is InChI=1S/C24H16N2O3S/c27-19-6-2-1-5-17(19)14-7-9-15(10-8-14)18-13-30-24-21(18)22(28)20(23(29)26-24)16-4-3-11-25-12-16/h1-13,27H,(H2,26,28,29). The minimum Gasteiger partial charge on any atom is -0.507 e. The number of para-hydroxylation sites is 1. The first-order chi connectivity index (χ1) is 14.6. The fourth-order valence-corrected chi connectivity index (χ4v) is 4.59. The zero-order valence-corrected chi connectivity index (χ0v) is 16.5. The molecule has 5 aromatic rings. The van der Waals surface area contributed by atoms with Crippen LogP contribution in [0.15, 0.2) is 83.2 Å². The van der Waals surface area contributed by atoms with Crippen molar-refractivity contribution >= 4 is 21.6 Å². The molecule has 0 radical (unpaired) electrons. The lowest BCUT2D eigenvalue weighted by Gasteiger charge is -2.08. The van der Waals surface area contributed by atoms with Crippen LogP contribution in [0.25, 0.3) is 43.6 Å². The highest BCUT2D eigenvalue weighted by Crippen LogP contribution is 2.42. The van der Waals surface area contributed by atoms with Crippen LogP contribution in [0.2, 0.25) is 0 Å². The molecule has 2 aromatic carbocycles. The summed E-state index contributed by atoms with van der Waals surface area (Å²) in [6.07, 6.45) is 3.18. The van der Waals surface area contributed by atoms with Crippen molar-refractivity contribution in [2.75, 3.05) is 0 Å². The molecular weight excluding hydrogens is 396 g/mol. The van der Waals surface area contributed by atoms with E-state index in [0.717, 1.165) is 22.3 Å². The molecule has 3 heterocycles. The average Bonchev–Trinajstić information content (AvgIpc) is 3.19. The topological polar surface area (TPSA) is 86.2 Å². The molecule has 6 heteroatoms. The molecule has 146 valence electrons. The molecular formula is C24H16N2O3S. The molecule has 0 bridgehead atoms. The van der Waals surface area contributed by atoms with Gasteiger partial charge in [-0.05, 0) is 23.3 Å². The van der Waals surface area contributed by atoms with Gasteiger partial charge in [0.25, 0.3) is 5.56 Å². The molecule has 0 spiro atoms. The Kier molecular flexibility index (Phi) is 4.34. The summed E-state index contributed by atoms with van der Waals surface area (Å²) in [5.74, 6) is 0.172. The van der Waals surface area contributed by atoms with Crippen molar-refractivity contribution in [1.82, 2.24) is 9.97 Å². The van der Waals surface area contributed by atoms with E-state index in [4.69, 9.17) is 0 Å². The van der Waals surface area contributed by atoms with Crippen LogP contribution in [0.5, 0.6) is 11.5 Å². The fourth-order valence-electron chi connectivity index (χ4n) is 3.62. The van der Waals surface area contributed by atoms with Crippen LogP contribution in [-0.4, -0.2) is 20.2 Å². The largest absolute Gasteiger partial charge is 0.507 e. The van der Waals surface area contributed by atoms with Crippen LogP contribution in [-0.2, 0) is 0 Å². The van der Waals surface area contributed by atoms with Crippen molar-refractivity contribution in [3.05, 3.63) is 88.8 Å². The number of aromatic nitrogens is 2. The third-order valence-corrected chi connectivity index (χ3v) is 5.98. The first-order valence-electron chi connectivity index (χ1n) is 9.29. The van der Waals surface area contributed by atoms with E-state index >= 15 is 0 Å². The van der Waals surface area contributed by atoms with E-state index < -0.39 is 0 Å². The zero-order valence-electron chi connectivity index (χ0n) is 15.7. The molecule has 0 aliphatic carbocycles. The van der Waals surface area contributed by atoms with E-state index in [1.54, 1.807) is 36.7 Å². The van der Waals surface area contributed by atoms with Gasteiger partial charge in [-0.2, -0.15) is 0 Å². The van der Waals surface area contributed by atoms with Crippen molar-refractivity contribution < 1.29 is 10.2 Å². The van der Waals surface area contributed by atoms with Gasteiger partial charge < -0.3 is 15.2 Å². The molecule has 0 saturated heterocycles. The van der Waals surface area contributed by atoms with Crippen molar-refractivity contribution in [2.45, 2.75) is 0 Å². The number of aromatic hydroxyl groups is 2. The summed E-state index contributed by atoms with van der Waals surface area (Å²) in [4.78, 5) is 20.1. The number of nitrogens with one attached hydrogen (secondary N) is 1. The number of hydrogen-bond donors (Lipinski definition) is 3. The number of aromatic amines is 1. The quantitative estimate of drug-likeness (QED) is 0.370. The van der Waals surface area contributed by atoms with Gasteiger partial charge in [0.2, 0.25) is 0 Å². The Morgan fingerprint density at radius 2 is 1.57 bits per heavy atom. The van der Waals surface area contributed by atoms with Crippen molar-refractivity contribution in [3.8, 4) is 44.9 Å². The van der Waals surface area contributed by atoms with Gasteiger partial charge in [-0.15, -0.1) is 11.3 Å². The summed E-state index contributed by atoms with van der Waals surface area (Å²) in [6.45, 7) is 0. The predicted octanol–water partition coefficient (Wildman–Crippen LogP) is 5.40. The fraction of sp³-hybridized carbons (Fsp3) is 0. The average molecular weight is 412 g/mol. The van der Waals surface area contributed by atoms with E-state index in [-0.39, 0.29) is 22.6 Å². The Morgan fingerprint density at radius 3 is 2.27 bits per heavy atom. The maximum Gasteiger partial charge on any atom is 0.260 e. The van der Waals surface area contributed by atoms with Gasteiger partial charge in [0.05, 0.1) is 10.9 Å². The molecule has 0 unspecified atom stereocenters. The van der Waals surface area contributed by atoms with E-state index in [9.17, 15) is 15.0 Å². The second kappa shape index (κ2) is 7.17. The molecule has 0 aliphatic rings. The number of pyridine rings is 2. The summed E-state index contributed by atoms with van der Waals surface area (Å²) < 4.78 is 0. The van der Waals surface area contributed by atoms with Gasteiger partial charge in [0.1, 0.15) is 16.3 Å².